The van der Waals surface area contributed by atoms with Gasteiger partial charge in [0, 0.05) is 18.7 Å². The number of nitrogens with zero attached hydrogens (tertiary/aromatic N) is 1. The normalized spacial score (nSPS) is 25.2. The van der Waals surface area contributed by atoms with Crippen LogP contribution >= 0.6 is 0 Å². The maximum atomic E-state index is 11.4. The summed E-state index contributed by atoms with van der Waals surface area (Å²) in [5.41, 5.74) is 0.979. The van der Waals surface area contributed by atoms with Crippen molar-refractivity contribution in [3.8, 4) is 0 Å². The second kappa shape index (κ2) is 4.63. The van der Waals surface area contributed by atoms with E-state index >= 15 is 0 Å². The van der Waals surface area contributed by atoms with Crippen molar-refractivity contribution in [1.82, 2.24) is 4.90 Å². The number of hydrogen-bond acceptors (Lipinski definition) is 3. The summed E-state index contributed by atoms with van der Waals surface area (Å²) in [5.74, 6) is -0.425. The van der Waals surface area contributed by atoms with Crippen molar-refractivity contribution in [3.63, 3.8) is 0 Å². The summed E-state index contributed by atoms with van der Waals surface area (Å²) in [6.07, 6.45) is 4.23. The summed E-state index contributed by atoms with van der Waals surface area (Å²) < 4.78 is 5.60. The zero-order chi connectivity index (χ0) is 13.3. The van der Waals surface area contributed by atoms with E-state index in [1.807, 2.05) is 18.2 Å². The highest BCUT2D eigenvalue weighted by Crippen LogP contribution is 2.42. The van der Waals surface area contributed by atoms with E-state index in [4.69, 9.17) is 4.74 Å². The third-order valence-corrected chi connectivity index (χ3v) is 3.66. The maximum Gasteiger partial charge on any atom is 0.253 e. The van der Waals surface area contributed by atoms with Crippen LogP contribution in [0, 0.1) is 0 Å². The second-order valence-electron chi connectivity index (χ2n) is 4.91. The van der Waals surface area contributed by atoms with E-state index in [9.17, 15) is 9.59 Å². The number of hydrogen-bond donors (Lipinski definition) is 0. The lowest BCUT2D eigenvalue weighted by Gasteiger charge is -2.16. The average molecular weight is 257 g/mol. The Morgan fingerprint density at radius 1 is 1.11 bits per heavy atom. The molecule has 1 unspecified atom stereocenters. The second-order valence-corrected chi connectivity index (χ2v) is 4.91. The molecule has 0 spiro atoms. The van der Waals surface area contributed by atoms with Gasteiger partial charge in [-0.1, -0.05) is 30.3 Å². The van der Waals surface area contributed by atoms with Crippen molar-refractivity contribution in [2.45, 2.75) is 18.4 Å². The van der Waals surface area contributed by atoms with Crippen LogP contribution in [0.2, 0.25) is 0 Å². The minimum absolute atomic E-state index is 0.194. The molecule has 0 aromatic heterocycles. The molecule has 4 nitrogen and oxygen atoms in total. The predicted octanol–water partition coefficient (Wildman–Crippen LogP) is 1.62. The molecule has 3 rings (SSSR count). The Morgan fingerprint density at radius 3 is 2.32 bits per heavy atom. The topological polar surface area (TPSA) is 49.9 Å². The predicted molar refractivity (Wildman–Crippen MR) is 69.2 cm³/mol. The standard InChI is InChI=1S/C15H15NO3/c17-13-7-8-14(18)16(13)10-4-9-15(11-19-15)12-5-2-1-3-6-12/h1-3,5-8H,4,9-11H2. The highest BCUT2D eigenvalue weighted by Gasteiger charge is 2.45. The first kappa shape index (κ1) is 12.1. The smallest absolute Gasteiger partial charge is 0.253 e. The molecule has 2 aliphatic heterocycles. The molecule has 2 amide bonds. The average Bonchev–Trinajstić information content (AvgIpc) is 3.16. The number of benzene rings is 1. The third kappa shape index (κ3) is 2.31. The van der Waals surface area contributed by atoms with Gasteiger partial charge < -0.3 is 4.74 Å². The Bertz CT molecular complexity index is 514. The van der Waals surface area contributed by atoms with Crippen molar-refractivity contribution in [2.24, 2.45) is 0 Å². The van der Waals surface area contributed by atoms with Gasteiger partial charge >= 0.3 is 0 Å². The molecule has 98 valence electrons. The van der Waals surface area contributed by atoms with Gasteiger partial charge in [-0.05, 0) is 18.4 Å². The third-order valence-electron chi connectivity index (χ3n) is 3.66. The van der Waals surface area contributed by atoms with Gasteiger partial charge in [-0.3, -0.25) is 14.5 Å². The summed E-state index contributed by atoms with van der Waals surface area (Å²) in [6, 6.07) is 10.1. The van der Waals surface area contributed by atoms with Crippen molar-refractivity contribution in [2.75, 3.05) is 13.2 Å². The van der Waals surface area contributed by atoms with E-state index < -0.39 is 0 Å². The molecule has 0 saturated carbocycles. The van der Waals surface area contributed by atoms with Crippen molar-refractivity contribution < 1.29 is 14.3 Å². The Morgan fingerprint density at radius 2 is 1.74 bits per heavy atom. The zero-order valence-electron chi connectivity index (χ0n) is 10.5. The summed E-state index contributed by atoms with van der Waals surface area (Å²) in [6.45, 7) is 1.18. The van der Waals surface area contributed by atoms with Crippen LogP contribution < -0.4 is 0 Å². The molecule has 1 aromatic rings. The van der Waals surface area contributed by atoms with Crippen LogP contribution in [0.3, 0.4) is 0 Å². The quantitative estimate of drug-likeness (QED) is 0.595. The molecule has 4 heteroatoms. The van der Waals surface area contributed by atoms with Gasteiger partial charge in [0.1, 0.15) is 5.60 Å². The van der Waals surface area contributed by atoms with Crippen molar-refractivity contribution >= 4 is 11.8 Å². The van der Waals surface area contributed by atoms with Gasteiger partial charge in [0.05, 0.1) is 6.61 Å². The van der Waals surface area contributed by atoms with Crippen LogP contribution in [0.15, 0.2) is 42.5 Å². The molecule has 1 atom stereocenters. The monoisotopic (exact) mass is 257 g/mol. The Labute approximate surface area is 111 Å². The highest BCUT2D eigenvalue weighted by atomic mass is 16.6. The Kier molecular flexibility index (Phi) is 2.95. The number of epoxide rings is 1. The number of amides is 2. The van der Waals surface area contributed by atoms with Crippen LogP contribution in [0.5, 0.6) is 0 Å². The van der Waals surface area contributed by atoms with E-state index in [2.05, 4.69) is 12.1 Å². The van der Waals surface area contributed by atoms with Crippen LogP contribution in [-0.2, 0) is 19.9 Å². The molecule has 1 saturated heterocycles. The summed E-state index contributed by atoms with van der Waals surface area (Å²) in [5, 5.41) is 0. The van der Waals surface area contributed by atoms with E-state index in [-0.39, 0.29) is 17.4 Å². The molecule has 0 radical (unpaired) electrons. The molecule has 2 heterocycles. The van der Waals surface area contributed by atoms with Gasteiger partial charge in [-0.25, -0.2) is 0 Å². The van der Waals surface area contributed by atoms with E-state index in [0.29, 0.717) is 6.54 Å². The minimum atomic E-state index is -0.213. The van der Waals surface area contributed by atoms with Crippen LogP contribution in [-0.4, -0.2) is 29.9 Å². The number of carbonyl (C=O) groups excluding carboxylic acids is 2. The van der Waals surface area contributed by atoms with Crippen LogP contribution in [0.1, 0.15) is 18.4 Å². The van der Waals surface area contributed by atoms with Gasteiger partial charge in [-0.15, -0.1) is 0 Å². The molecule has 19 heavy (non-hydrogen) atoms. The van der Waals surface area contributed by atoms with Gasteiger partial charge in [0.2, 0.25) is 0 Å². The summed E-state index contributed by atoms with van der Waals surface area (Å²) >= 11 is 0. The molecular weight excluding hydrogens is 242 g/mol. The van der Waals surface area contributed by atoms with E-state index in [1.54, 1.807) is 0 Å². The first-order valence-electron chi connectivity index (χ1n) is 6.44. The first-order valence-corrected chi connectivity index (χ1v) is 6.44. The molecule has 1 fully saturated rings. The van der Waals surface area contributed by atoms with Gasteiger partial charge in [0.15, 0.2) is 0 Å². The Balaban J connectivity index is 1.56. The molecule has 0 aliphatic carbocycles. The van der Waals surface area contributed by atoms with Gasteiger partial charge in [-0.2, -0.15) is 0 Å². The molecule has 1 aromatic carbocycles. The van der Waals surface area contributed by atoms with Crippen molar-refractivity contribution in [1.29, 1.82) is 0 Å². The van der Waals surface area contributed by atoms with Crippen molar-refractivity contribution in [3.05, 3.63) is 48.0 Å². The van der Waals surface area contributed by atoms with E-state index in [1.165, 1.54) is 22.6 Å². The molecule has 2 aliphatic rings. The lowest BCUT2D eigenvalue weighted by Crippen LogP contribution is -2.31. The fourth-order valence-corrected chi connectivity index (χ4v) is 2.46. The zero-order valence-corrected chi connectivity index (χ0v) is 10.5. The fourth-order valence-electron chi connectivity index (χ4n) is 2.46. The number of imide groups is 1. The number of rotatable bonds is 5. The minimum Gasteiger partial charge on any atom is -0.365 e. The molecule has 0 bridgehead atoms. The summed E-state index contributed by atoms with van der Waals surface area (Å²) in [4.78, 5) is 24.1. The molecular formula is C15H15NO3. The fraction of sp³-hybridized carbons (Fsp3) is 0.333. The van der Waals surface area contributed by atoms with E-state index in [0.717, 1.165) is 19.4 Å². The number of carbonyl (C=O) groups is 2. The highest BCUT2D eigenvalue weighted by molar-refractivity contribution is 6.12. The Hall–Kier alpha value is -1.94. The summed E-state index contributed by atoms with van der Waals surface area (Å²) in [7, 11) is 0. The SMILES string of the molecule is O=C1C=CC(=O)N1CCCC1(c2ccccc2)CO1. The molecule has 0 N–H and O–H groups in total. The maximum absolute atomic E-state index is 11.4. The lowest BCUT2D eigenvalue weighted by molar-refractivity contribution is -0.136. The van der Waals surface area contributed by atoms with Crippen LogP contribution in [0.4, 0.5) is 0 Å². The number of ether oxygens (including phenoxy) is 1. The first-order chi connectivity index (χ1) is 9.21. The largest absolute Gasteiger partial charge is 0.365 e. The van der Waals surface area contributed by atoms with Crippen LogP contribution in [0.25, 0.3) is 0 Å². The lowest BCUT2D eigenvalue weighted by atomic mass is 9.95. The van der Waals surface area contributed by atoms with Gasteiger partial charge in [0.25, 0.3) is 11.8 Å².